The molecule has 0 saturated heterocycles. The van der Waals surface area contributed by atoms with Gasteiger partial charge in [-0.1, -0.05) is 55.5 Å². The monoisotopic (exact) mass is 307 g/mol. The Hall–Kier alpha value is -2.95. The fourth-order valence-corrected chi connectivity index (χ4v) is 2.77. The molecule has 23 heavy (non-hydrogen) atoms. The molecule has 1 aromatic heterocycles. The minimum Gasteiger partial charge on any atom is -0.543 e. The van der Waals surface area contributed by atoms with Crippen molar-refractivity contribution in [1.29, 1.82) is 0 Å². The molecule has 0 bridgehead atoms. The van der Waals surface area contributed by atoms with Crippen molar-refractivity contribution >= 4 is 22.8 Å². The number of benzene rings is 2. The Balaban J connectivity index is 2.12. The molecule has 0 radical (unpaired) electrons. The van der Waals surface area contributed by atoms with E-state index in [9.17, 15) is 14.7 Å². The topological polar surface area (TPSA) is 75.0 Å². The van der Waals surface area contributed by atoms with E-state index in [0.29, 0.717) is 17.3 Å². The average molecular weight is 307 g/mol. The summed E-state index contributed by atoms with van der Waals surface area (Å²) in [6, 6.07) is 16.2. The van der Waals surface area contributed by atoms with E-state index in [0.717, 1.165) is 5.56 Å². The van der Waals surface area contributed by atoms with Gasteiger partial charge in [-0.15, -0.1) is 0 Å². The van der Waals surface area contributed by atoms with Crippen molar-refractivity contribution in [3.05, 3.63) is 65.9 Å². The van der Waals surface area contributed by atoms with Gasteiger partial charge in [0.2, 0.25) is 0 Å². The van der Waals surface area contributed by atoms with Crippen LogP contribution in [-0.4, -0.2) is 21.7 Å². The highest BCUT2D eigenvalue weighted by Gasteiger charge is 2.24. The average Bonchev–Trinajstić information content (AvgIpc) is 2.96. The van der Waals surface area contributed by atoms with Crippen LogP contribution in [0.1, 0.15) is 40.1 Å². The van der Waals surface area contributed by atoms with E-state index in [1.807, 2.05) is 37.3 Å². The van der Waals surface area contributed by atoms with Crippen LogP contribution in [0.5, 0.6) is 0 Å². The molecule has 0 amide bonds. The quantitative estimate of drug-likeness (QED) is 0.741. The maximum absolute atomic E-state index is 12.9. The van der Waals surface area contributed by atoms with Crippen molar-refractivity contribution in [3.8, 4) is 0 Å². The van der Waals surface area contributed by atoms with Gasteiger partial charge in [0.1, 0.15) is 5.69 Å². The Labute approximate surface area is 133 Å². The van der Waals surface area contributed by atoms with Gasteiger partial charge >= 0.3 is 0 Å². The van der Waals surface area contributed by atoms with Crippen LogP contribution in [0.15, 0.2) is 54.6 Å². The lowest BCUT2D eigenvalue weighted by atomic mass is 9.96. The Morgan fingerprint density at radius 2 is 1.74 bits per heavy atom. The third-order valence-corrected chi connectivity index (χ3v) is 3.90. The summed E-state index contributed by atoms with van der Waals surface area (Å²) in [6.07, 6.45) is 0.595. The fourth-order valence-electron chi connectivity index (χ4n) is 2.77. The number of nitrogens with zero attached hydrogens (tertiary/aromatic N) is 2. The van der Waals surface area contributed by atoms with Crippen LogP contribution in [0, 0.1) is 0 Å². The number of carbonyl (C=O) groups excluding carboxylic acids is 2. The third kappa shape index (κ3) is 2.61. The zero-order valence-corrected chi connectivity index (χ0v) is 12.6. The highest BCUT2D eigenvalue weighted by atomic mass is 16.4. The van der Waals surface area contributed by atoms with Gasteiger partial charge in [0.15, 0.2) is 0 Å². The number of hydrogen-bond acceptors (Lipinski definition) is 4. The van der Waals surface area contributed by atoms with Gasteiger partial charge in [-0.3, -0.25) is 4.79 Å². The van der Waals surface area contributed by atoms with E-state index in [2.05, 4.69) is 5.10 Å². The third-order valence-electron chi connectivity index (χ3n) is 3.90. The second-order valence-corrected chi connectivity index (χ2v) is 5.27. The number of carboxylic acid groups (broad SMARTS) is 1. The second-order valence-electron chi connectivity index (χ2n) is 5.27. The zero-order chi connectivity index (χ0) is 16.4. The Bertz CT molecular complexity index is 868. The molecule has 0 saturated carbocycles. The molecular formula is C18H15N2O3-. The van der Waals surface area contributed by atoms with E-state index in [1.165, 1.54) is 4.68 Å². The lowest BCUT2D eigenvalue weighted by Gasteiger charge is -2.14. The van der Waals surface area contributed by atoms with Crippen molar-refractivity contribution in [1.82, 2.24) is 9.78 Å². The maximum Gasteiger partial charge on any atom is 0.254 e. The summed E-state index contributed by atoms with van der Waals surface area (Å²) in [7, 11) is 0. The van der Waals surface area contributed by atoms with Crippen LogP contribution in [0.4, 0.5) is 0 Å². The molecule has 0 N–H and O–H groups in total. The first-order chi connectivity index (χ1) is 11.1. The van der Waals surface area contributed by atoms with E-state index in [4.69, 9.17) is 0 Å². The summed E-state index contributed by atoms with van der Waals surface area (Å²) in [6.45, 7) is 1.92. The zero-order valence-electron chi connectivity index (χ0n) is 12.6. The molecule has 2 aromatic carbocycles. The summed E-state index contributed by atoms with van der Waals surface area (Å²) in [5.41, 5.74) is 1.15. The molecule has 1 unspecified atom stereocenters. The highest BCUT2D eigenvalue weighted by Crippen LogP contribution is 2.25. The molecule has 0 fully saturated rings. The maximum atomic E-state index is 12.9. The van der Waals surface area contributed by atoms with E-state index in [1.54, 1.807) is 24.3 Å². The Morgan fingerprint density at radius 1 is 1.09 bits per heavy atom. The number of carbonyl (C=O) groups is 2. The molecule has 1 atom stereocenters. The number of aromatic nitrogens is 2. The lowest BCUT2D eigenvalue weighted by molar-refractivity contribution is -0.255. The minimum absolute atomic E-state index is 0.211. The van der Waals surface area contributed by atoms with Crippen molar-refractivity contribution < 1.29 is 14.7 Å². The molecule has 116 valence electrons. The molecule has 0 aliphatic heterocycles. The van der Waals surface area contributed by atoms with Crippen LogP contribution in [0.25, 0.3) is 10.9 Å². The highest BCUT2D eigenvalue weighted by molar-refractivity contribution is 6.04. The van der Waals surface area contributed by atoms with Crippen LogP contribution >= 0.6 is 0 Å². The van der Waals surface area contributed by atoms with Crippen molar-refractivity contribution in [2.75, 3.05) is 0 Å². The van der Waals surface area contributed by atoms with Gasteiger partial charge in [0.25, 0.3) is 5.91 Å². The van der Waals surface area contributed by atoms with Crippen molar-refractivity contribution in [3.63, 3.8) is 0 Å². The van der Waals surface area contributed by atoms with Gasteiger partial charge in [-0.25, -0.2) is 0 Å². The van der Waals surface area contributed by atoms with Crippen LogP contribution in [0.2, 0.25) is 0 Å². The predicted octanol–water partition coefficient (Wildman–Crippen LogP) is 2.23. The van der Waals surface area contributed by atoms with E-state index in [-0.39, 0.29) is 17.5 Å². The molecule has 0 aliphatic carbocycles. The van der Waals surface area contributed by atoms with Crippen molar-refractivity contribution in [2.24, 2.45) is 0 Å². The largest absolute Gasteiger partial charge is 0.543 e. The summed E-state index contributed by atoms with van der Waals surface area (Å²) < 4.78 is 1.18. The van der Waals surface area contributed by atoms with Gasteiger partial charge in [0.05, 0.1) is 17.4 Å². The summed E-state index contributed by atoms with van der Waals surface area (Å²) in [4.78, 5) is 24.2. The SMILES string of the molecule is CCC(C(=O)n1nc(C(=O)[O-])c2ccccc21)c1ccccc1. The Morgan fingerprint density at radius 3 is 2.39 bits per heavy atom. The normalized spacial score (nSPS) is 12.2. The summed E-state index contributed by atoms with van der Waals surface area (Å²) >= 11 is 0. The second kappa shape index (κ2) is 6.04. The smallest absolute Gasteiger partial charge is 0.254 e. The molecule has 3 rings (SSSR count). The van der Waals surface area contributed by atoms with Crippen LogP contribution < -0.4 is 5.11 Å². The number of para-hydroxylation sites is 1. The lowest BCUT2D eigenvalue weighted by Crippen LogP contribution is -2.25. The summed E-state index contributed by atoms with van der Waals surface area (Å²) in [5.74, 6) is -2.02. The Kier molecular flexibility index (Phi) is 3.93. The van der Waals surface area contributed by atoms with Gasteiger partial charge in [-0.2, -0.15) is 9.78 Å². The first kappa shape index (κ1) is 15.0. The van der Waals surface area contributed by atoms with Gasteiger partial charge in [-0.05, 0) is 18.1 Å². The number of carboxylic acids is 1. The first-order valence-corrected chi connectivity index (χ1v) is 7.41. The number of aromatic carboxylic acids is 1. The molecule has 0 spiro atoms. The predicted molar refractivity (Wildman–Crippen MR) is 84.2 cm³/mol. The van der Waals surface area contributed by atoms with E-state index >= 15 is 0 Å². The summed E-state index contributed by atoms with van der Waals surface area (Å²) in [5, 5.41) is 15.7. The first-order valence-electron chi connectivity index (χ1n) is 7.41. The van der Waals surface area contributed by atoms with Crippen molar-refractivity contribution in [2.45, 2.75) is 19.3 Å². The molecule has 0 aliphatic rings. The molecule has 1 heterocycles. The number of fused-ring (bicyclic) bond motifs is 1. The van der Waals surface area contributed by atoms with Crippen LogP contribution in [0.3, 0.4) is 0 Å². The number of hydrogen-bond donors (Lipinski definition) is 0. The van der Waals surface area contributed by atoms with Gasteiger partial charge in [0, 0.05) is 5.39 Å². The molecular weight excluding hydrogens is 292 g/mol. The fraction of sp³-hybridized carbons (Fsp3) is 0.167. The molecule has 5 nitrogen and oxygen atoms in total. The molecule has 3 aromatic rings. The van der Waals surface area contributed by atoms with Crippen LogP contribution in [-0.2, 0) is 0 Å². The van der Waals surface area contributed by atoms with E-state index < -0.39 is 5.97 Å². The standard InChI is InChI=1S/C18H16N2O3/c1-2-13(12-8-4-3-5-9-12)17(21)20-15-11-7-6-10-14(15)16(19-20)18(22)23/h3-11,13H,2H2,1H3,(H,22,23)/p-1. The number of rotatable bonds is 4. The molecule has 5 heteroatoms. The van der Waals surface area contributed by atoms with Gasteiger partial charge < -0.3 is 9.90 Å². The minimum atomic E-state index is -1.39.